The fourth-order valence-electron chi connectivity index (χ4n) is 4.74. The van der Waals surface area contributed by atoms with Crippen molar-refractivity contribution in [3.63, 3.8) is 0 Å². The number of hydrogen-bond donors (Lipinski definition) is 2. The van der Waals surface area contributed by atoms with Crippen LogP contribution in [-0.2, 0) is 28.2 Å². The van der Waals surface area contributed by atoms with Crippen molar-refractivity contribution in [2.24, 2.45) is 22.5 Å². The first-order valence-electron chi connectivity index (χ1n) is 10.5. The summed E-state index contributed by atoms with van der Waals surface area (Å²) in [5, 5.41) is 0. The molecule has 2 atom stereocenters. The first kappa shape index (κ1) is 26.7. The third-order valence-corrected chi connectivity index (χ3v) is 10.4. The Balaban J connectivity index is 0.000000291. The van der Waals surface area contributed by atoms with Gasteiger partial charge in [0.25, 0.3) is 10.1 Å². The van der Waals surface area contributed by atoms with E-state index in [4.69, 9.17) is 23.6 Å². The number of ketones is 1. The Kier molecular flexibility index (Phi) is 9.92. The van der Waals surface area contributed by atoms with Crippen LogP contribution in [0.5, 0.6) is 0 Å². The van der Waals surface area contributed by atoms with Crippen LogP contribution in [0.3, 0.4) is 0 Å². The average molecular weight is 454 g/mol. The number of carbonyl (C=O) groups is 1. The molecule has 2 aliphatic carbocycles. The minimum atomic E-state index is -4.08. The second kappa shape index (κ2) is 10.8. The van der Waals surface area contributed by atoms with Crippen LogP contribution >= 0.6 is 0 Å². The van der Waals surface area contributed by atoms with Crippen LogP contribution < -0.4 is 5.73 Å². The van der Waals surface area contributed by atoms with Gasteiger partial charge >= 0.3 is 8.80 Å². The normalized spacial score (nSPS) is 25.8. The molecule has 3 N–H and O–H groups in total. The van der Waals surface area contributed by atoms with Gasteiger partial charge in [0.2, 0.25) is 0 Å². The van der Waals surface area contributed by atoms with Crippen molar-refractivity contribution in [3.05, 3.63) is 0 Å². The van der Waals surface area contributed by atoms with Gasteiger partial charge in [0.05, 0.1) is 11.2 Å². The summed E-state index contributed by atoms with van der Waals surface area (Å²) in [5.41, 5.74) is 4.36. The first-order chi connectivity index (χ1) is 13.4. The fourth-order valence-corrected chi connectivity index (χ4v) is 8.68. The predicted molar refractivity (Wildman–Crippen MR) is 114 cm³/mol. The van der Waals surface area contributed by atoms with Gasteiger partial charge < -0.3 is 19.0 Å². The molecule has 0 aromatic carbocycles. The van der Waals surface area contributed by atoms with E-state index in [-0.39, 0.29) is 17.1 Å². The number of fused-ring (bicyclic) bond motifs is 2. The highest BCUT2D eigenvalue weighted by atomic mass is 32.2. The van der Waals surface area contributed by atoms with Crippen LogP contribution in [-0.4, -0.2) is 59.7 Å². The molecule has 0 saturated heterocycles. The zero-order valence-electron chi connectivity index (χ0n) is 18.5. The first-order valence-corrected chi connectivity index (χ1v) is 14.1. The van der Waals surface area contributed by atoms with Gasteiger partial charge in [-0.05, 0) is 57.9 Å². The highest BCUT2D eigenvalue weighted by Crippen LogP contribution is 2.64. The monoisotopic (exact) mass is 453 g/mol. The Hall–Kier alpha value is -0.363. The van der Waals surface area contributed by atoms with Crippen molar-refractivity contribution in [1.29, 1.82) is 0 Å². The van der Waals surface area contributed by atoms with Gasteiger partial charge in [-0.1, -0.05) is 13.8 Å². The smallest absolute Gasteiger partial charge is 0.374 e. The lowest BCUT2D eigenvalue weighted by molar-refractivity contribution is -0.128. The molecule has 29 heavy (non-hydrogen) atoms. The van der Waals surface area contributed by atoms with Crippen molar-refractivity contribution in [3.8, 4) is 0 Å². The maximum Gasteiger partial charge on any atom is 0.500 e. The van der Waals surface area contributed by atoms with Gasteiger partial charge in [0.1, 0.15) is 5.78 Å². The van der Waals surface area contributed by atoms with Gasteiger partial charge in [0, 0.05) is 32.3 Å². The van der Waals surface area contributed by atoms with Crippen LogP contribution in [0.1, 0.15) is 60.3 Å². The molecule has 0 heterocycles. The molecule has 0 spiro atoms. The molecule has 0 radical (unpaired) electrons. The van der Waals surface area contributed by atoms with E-state index in [1.807, 2.05) is 34.6 Å². The molecule has 2 fully saturated rings. The molecule has 2 rings (SSSR count). The summed E-state index contributed by atoms with van der Waals surface area (Å²) in [7, 11) is -6.47. The van der Waals surface area contributed by atoms with E-state index in [0.29, 0.717) is 39.2 Å². The van der Waals surface area contributed by atoms with E-state index < -0.39 is 30.1 Å². The van der Waals surface area contributed by atoms with Crippen LogP contribution in [0.15, 0.2) is 0 Å². The molecule has 8 nitrogen and oxygen atoms in total. The van der Waals surface area contributed by atoms with E-state index in [2.05, 4.69) is 0 Å². The minimum absolute atomic E-state index is 0.0152. The topological polar surface area (TPSA) is 125 Å². The number of nitrogens with two attached hydrogens (primary N) is 1. The van der Waals surface area contributed by atoms with E-state index in [0.717, 1.165) is 18.9 Å². The average Bonchev–Trinajstić information content (AvgIpc) is 2.94. The Morgan fingerprint density at radius 1 is 1.14 bits per heavy atom. The van der Waals surface area contributed by atoms with Gasteiger partial charge in [-0.15, -0.1) is 0 Å². The van der Waals surface area contributed by atoms with Gasteiger partial charge in [-0.25, -0.2) is 0 Å². The van der Waals surface area contributed by atoms with Crippen molar-refractivity contribution >= 4 is 24.7 Å². The highest BCUT2D eigenvalue weighted by molar-refractivity contribution is 7.85. The summed E-state index contributed by atoms with van der Waals surface area (Å²) in [6.07, 6.45) is 2.87. The molecule has 10 heteroatoms. The highest BCUT2D eigenvalue weighted by Gasteiger charge is 2.65. The standard InChI is InChI=1S/C10H16O4S.C9H23NO3Si/c1-9(2)7-3-4-10(9,8(11)5-7)6-15(12,13)14;1-4-11-14(12-5-2,13-6-3)9-7-8-10/h7H,3-6H2,1-2H3,(H,12,13,14);4-10H2,1-3H3. The van der Waals surface area contributed by atoms with E-state index in [1.54, 1.807) is 0 Å². The molecule has 0 aliphatic heterocycles. The zero-order valence-corrected chi connectivity index (χ0v) is 20.3. The molecule has 0 aromatic rings. The lowest BCUT2D eigenvalue weighted by Gasteiger charge is -2.35. The summed E-state index contributed by atoms with van der Waals surface area (Å²) in [4.78, 5) is 11.9. The number of hydrogen-bond acceptors (Lipinski definition) is 7. The zero-order chi connectivity index (χ0) is 22.3. The van der Waals surface area contributed by atoms with Crippen LogP contribution in [0, 0.1) is 16.7 Å². The molecule has 2 saturated carbocycles. The van der Waals surface area contributed by atoms with Crippen molar-refractivity contribution < 1.29 is 31.0 Å². The lowest BCUT2D eigenvalue weighted by atomic mass is 9.70. The summed E-state index contributed by atoms with van der Waals surface area (Å²) in [6, 6.07) is 0.818. The van der Waals surface area contributed by atoms with Crippen LogP contribution in [0.25, 0.3) is 0 Å². The number of rotatable bonds is 11. The largest absolute Gasteiger partial charge is 0.500 e. The fraction of sp³-hybridized carbons (Fsp3) is 0.947. The van der Waals surface area contributed by atoms with Gasteiger partial charge in [-0.2, -0.15) is 8.42 Å². The second-order valence-electron chi connectivity index (χ2n) is 8.27. The summed E-state index contributed by atoms with van der Waals surface area (Å²) in [5.74, 6) is -0.101. The molecular weight excluding hydrogens is 414 g/mol. The number of Topliss-reactive ketones (excluding diaryl/α,β-unsaturated/α-hetero) is 1. The van der Waals surface area contributed by atoms with E-state index in [9.17, 15) is 13.2 Å². The van der Waals surface area contributed by atoms with E-state index in [1.165, 1.54) is 0 Å². The molecule has 172 valence electrons. The molecule has 2 aliphatic rings. The predicted octanol–water partition coefficient (Wildman–Crippen LogP) is 2.65. The lowest BCUT2D eigenvalue weighted by Crippen LogP contribution is -2.46. The maximum atomic E-state index is 11.9. The van der Waals surface area contributed by atoms with Crippen LogP contribution in [0.2, 0.25) is 6.04 Å². The molecule has 0 amide bonds. The van der Waals surface area contributed by atoms with Crippen molar-refractivity contribution in [1.82, 2.24) is 0 Å². The van der Waals surface area contributed by atoms with Crippen molar-refractivity contribution in [2.75, 3.05) is 32.1 Å². The maximum absolute atomic E-state index is 11.9. The minimum Gasteiger partial charge on any atom is -0.374 e. The Morgan fingerprint density at radius 3 is 1.97 bits per heavy atom. The Bertz CT molecular complexity index is 623. The molecule has 2 unspecified atom stereocenters. The van der Waals surface area contributed by atoms with Gasteiger partial charge in [0.15, 0.2) is 0 Å². The summed E-state index contributed by atoms with van der Waals surface area (Å²) in [6.45, 7) is 12.3. The van der Waals surface area contributed by atoms with Crippen molar-refractivity contribution in [2.45, 2.75) is 66.3 Å². The SMILES string of the molecule is CC1(C)C2CCC1(CS(=O)(=O)O)C(=O)C2.CCO[Si](CCCN)(OCC)OCC. The summed E-state index contributed by atoms with van der Waals surface area (Å²) < 4.78 is 47.9. The van der Waals surface area contributed by atoms with Crippen LogP contribution in [0.4, 0.5) is 0 Å². The molecular formula is C19H39NO7SSi. The van der Waals surface area contributed by atoms with E-state index >= 15 is 0 Å². The Labute approximate surface area is 177 Å². The molecule has 2 bridgehead atoms. The molecule has 0 aromatic heterocycles. The summed E-state index contributed by atoms with van der Waals surface area (Å²) >= 11 is 0. The van der Waals surface area contributed by atoms with Gasteiger partial charge in [-0.3, -0.25) is 9.35 Å². The second-order valence-corrected chi connectivity index (χ2v) is 12.5. The third-order valence-electron chi connectivity index (χ3n) is 6.35. The Morgan fingerprint density at radius 2 is 1.66 bits per heavy atom. The number of carbonyl (C=O) groups excluding carboxylic acids is 1. The quantitative estimate of drug-likeness (QED) is 0.361. The third kappa shape index (κ3) is 6.31.